The molecule has 1 aromatic heterocycles. The Hall–Kier alpha value is -0.360. The molecule has 0 saturated heterocycles. The van der Waals surface area contributed by atoms with Gasteiger partial charge < -0.3 is 11.1 Å². The van der Waals surface area contributed by atoms with E-state index in [0.29, 0.717) is 12.5 Å². The number of hydrogen-bond acceptors (Lipinski definition) is 4. The van der Waals surface area contributed by atoms with Crippen molar-refractivity contribution in [1.29, 1.82) is 0 Å². The molecule has 0 aliphatic heterocycles. The van der Waals surface area contributed by atoms with Gasteiger partial charge in [0.15, 0.2) is 0 Å². The van der Waals surface area contributed by atoms with Crippen LogP contribution in [0.4, 0.5) is 0 Å². The van der Waals surface area contributed by atoms with Gasteiger partial charge in [0.25, 0.3) is 0 Å². The van der Waals surface area contributed by atoms with Gasteiger partial charge in [0, 0.05) is 24.3 Å². The molecule has 1 atom stereocenters. The molecular formula is C14H27Cl2N3OS. The minimum Gasteiger partial charge on any atom is -0.354 e. The largest absolute Gasteiger partial charge is 0.354 e. The number of carbonyl (C=O) groups excluding carboxylic acids is 1. The van der Waals surface area contributed by atoms with Crippen LogP contribution in [0.3, 0.4) is 0 Å². The smallest absolute Gasteiger partial charge is 0.237 e. The topological polar surface area (TPSA) is 68.0 Å². The molecule has 7 heteroatoms. The summed E-state index contributed by atoms with van der Waals surface area (Å²) >= 11 is 1.68. The van der Waals surface area contributed by atoms with Gasteiger partial charge in [0.05, 0.1) is 16.7 Å². The van der Waals surface area contributed by atoms with Gasteiger partial charge >= 0.3 is 0 Å². The molecule has 0 spiro atoms. The van der Waals surface area contributed by atoms with Crippen LogP contribution in [0.15, 0.2) is 5.38 Å². The number of nitrogens with two attached hydrogens (primary N) is 1. The number of carbonyl (C=O) groups is 1. The molecule has 0 aliphatic rings. The maximum Gasteiger partial charge on any atom is 0.237 e. The second-order valence-corrected chi connectivity index (χ2v) is 7.11. The summed E-state index contributed by atoms with van der Waals surface area (Å²) in [5.41, 5.74) is 6.72. The van der Waals surface area contributed by atoms with Crippen LogP contribution >= 0.6 is 36.2 Å². The number of amides is 1. The molecule has 0 bridgehead atoms. The number of nitrogens with zero attached hydrogens (tertiary/aromatic N) is 1. The fourth-order valence-electron chi connectivity index (χ4n) is 1.52. The standard InChI is InChI=1S/C14H25N3OS.2ClH/c1-9(2)13-17-10(8-19-13)6-7-16-12(18)11(15)14(3,4)5;;/h8-9,11H,6-7,15H2,1-5H3,(H,16,18);2*1H/t11-;;/m1../s1. The van der Waals surface area contributed by atoms with Gasteiger partial charge in [-0.3, -0.25) is 4.79 Å². The first-order valence-corrected chi connectivity index (χ1v) is 7.57. The van der Waals surface area contributed by atoms with E-state index in [2.05, 4.69) is 29.5 Å². The van der Waals surface area contributed by atoms with Gasteiger partial charge in [0.1, 0.15) is 0 Å². The molecule has 1 heterocycles. The Bertz CT molecular complexity index is 430. The first kappa shape index (κ1) is 22.9. The third-order valence-corrected chi connectivity index (χ3v) is 4.15. The normalized spacial score (nSPS) is 12.3. The van der Waals surface area contributed by atoms with Crippen LogP contribution in [0.25, 0.3) is 0 Å². The lowest BCUT2D eigenvalue weighted by Crippen LogP contribution is -2.49. The summed E-state index contributed by atoms with van der Waals surface area (Å²) in [7, 11) is 0. The van der Waals surface area contributed by atoms with Crippen molar-refractivity contribution in [1.82, 2.24) is 10.3 Å². The number of halogens is 2. The average molecular weight is 356 g/mol. The Labute approximate surface area is 144 Å². The Balaban J connectivity index is 0. The zero-order valence-corrected chi connectivity index (χ0v) is 15.8. The molecule has 0 saturated carbocycles. The summed E-state index contributed by atoms with van der Waals surface area (Å²) in [6.45, 7) is 10.7. The van der Waals surface area contributed by atoms with Crippen molar-refractivity contribution in [3.05, 3.63) is 16.1 Å². The fraction of sp³-hybridized carbons (Fsp3) is 0.714. The third-order valence-electron chi connectivity index (χ3n) is 2.96. The average Bonchev–Trinajstić information content (AvgIpc) is 2.75. The number of hydrogen-bond donors (Lipinski definition) is 2. The van der Waals surface area contributed by atoms with Gasteiger partial charge in [-0.2, -0.15) is 0 Å². The SMILES string of the molecule is CC(C)c1nc(CCNC(=O)[C@@H](N)C(C)(C)C)cs1.Cl.Cl. The van der Waals surface area contributed by atoms with Crippen molar-refractivity contribution in [2.45, 2.75) is 53.0 Å². The molecule has 0 unspecified atom stereocenters. The molecule has 0 radical (unpaired) electrons. The van der Waals surface area contributed by atoms with E-state index >= 15 is 0 Å². The Kier molecular flexibility index (Phi) is 10.5. The van der Waals surface area contributed by atoms with Crippen LogP contribution in [0, 0.1) is 5.41 Å². The first-order valence-electron chi connectivity index (χ1n) is 6.69. The van der Waals surface area contributed by atoms with Gasteiger partial charge in [-0.15, -0.1) is 36.2 Å². The first-order chi connectivity index (χ1) is 8.71. The third kappa shape index (κ3) is 7.45. The van der Waals surface area contributed by atoms with E-state index in [1.807, 2.05) is 20.8 Å². The van der Waals surface area contributed by atoms with Crippen molar-refractivity contribution in [3.63, 3.8) is 0 Å². The molecule has 21 heavy (non-hydrogen) atoms. The molecule has 4 nitrogen and oxygen atoms in total. The van der Waals surface area contributed by atoms with Gasteiger partial charge in [0.2, 0.25) is 5.91 Å². The maximum absolute atomic E-state index is 11.8. The maximum atomic E-state index is 11.8. The zero-order chi connectivity index (χ0) is 14.6. The van der Waals surface area contributed by atoms with Crippen molar-refractivity contribution < 1.29 is 4.79 Å². The second kappa shape index (κ2) is 9.62. The molecule has 1 amide bonds. The Morgan fingerprint density at radius 1 is 1.38 bits per heavy atom. The van der Waals surface area contributed by atoms with Crippen LogP contribution < -0.4 is 11.1 Å². The summed E-state index contributed by atoms with van der Waals surface area (Å²) < 4.78 is 0. The summed E-state index contributed by atoms with van der Waals surface area (Å²) in [4.78, 5) is 16.4. The summed E-state index contributed by atoms with van der Waals surface area (Å²) in [6, 6.07) is -0.478. The molecule has 3 N–H and O–H groups in total. The van der Waals surface area contributed by atoms with Crippen molar-refractivity contribution >= 4 is 42.1 Å². The van der Waals surface area contributed by atoms with Gasteiger partial charge in [-0.25, -0.2) is 4.98 Å². The Morgan fingerprint density at radius 2 is 1.95 bits per heavy atom. The van der Waals surface area contributed by atoms with Crippen LogP contribution in [0.5, 0.6) is 0 Å². The Morgan fingerprint density at radius 3 is 2.38 bits per heavy atom. The van der Waals surface area contributed by atoms with Gasteiger partial charge in [-0.1, -0.05) is 34.6 Å². The number of aromatic nitrogens is 1. The predicted molar refractivity (Wildman–Crippen MR) is 94.8 cm³/mol. The number of thiazole rings is 1. The van der Waals surface area contributed by atoms with E-state index in [1.165, 1.54) is 0 Å². The van der Waals surface area contributed by atoms with E-state index in [4.69, 9.17) is 5.73 Å². The second-order valence-electron chi connectivity index (χ2n) is 6.22. The molecule has 0 aliphatic carbocycles. The molecule has 0 fully saturated rings. The van der Waals surface area contributed by atoms with E-state index in [9.17, 15) is 4.79 Å². The van der Waals surface area contributed by atoms with Crippen LogP contribution in [-0.2, 0) is 11.2 Å². The number of rotatable bonds is 5. The lowest BCUT2D eigenvalue weighted by atomic mass is 9.87. The fourth-order valence-corrected chi connectivity index (χ4v) is 2.39. The van der Waals surface area contributed by atoms with E-state index in [0.717, 1.165) is 17.1 Å². The highest BCUT2D eigenvalue weighted by Gasteiger charge is 2.26. The molecule has 1 rings (SSSR count). The van der Waals surface area contributed by atoms with Crippen LogP contribution in [0.2, 0.25) is 0 Å². The minimum absolute atomic E-state index is 0. The summed E-state index contributed by atoms with van der Waals surface area (Å²) in [6.07, 6.45) is 0.756. The highest BCUT2D eigenvalue weighted by Crippen LogP contribution is 2.19. The van der Waals surface area contributed by atoms with Crippen molar-refractivity contribution in [2.75, 3.05) is 6.54 Å². The summed E-state index contributed by atoms with van der Waals surface area (Å²) in [5, 5.41) is 6.08. The molecule has 0 aromatic carbocycles. The van der Waals surface area contributed by atoms with Crippen molar-refractivity contribution in [2.24, 2.45) is 11.1 Å². The highest BCUT2D eigenvalue weighted by molar-refractivity contribution is 7.09. The zero-order valence-electron chi connectivity index (χ0n) is 13.3. The molecule has 1 aromatic rings. The summed E-state index contributed by atoms with van der Waals surface area (Å²) in [5.74, 6) is 0.370. The lowest BCUT2D eigenvalue weighted by Gasteiger charge is -2.25. The molecular weight excluding hydrogens is 329 g/mol. The predicted octanol–water partition coefficient (Wildman–Crippen LogP) is 3.14. The van der Waals surface area contributed by atoms with E-state index in [1.54, 1.807) is 11.3 Å². The van der Waals surface area contributed by atoms with E-state index in [-0.39, 0.29) is 36.1 Å². The van der Waals surface area contributed by atoms with Crippen LogP contribution in [-0.4, -0.2) is 23.5 Å². The van der Waals surface area contributed by atoms with Crippen molar-refractivity contribution in [3.8, 4) is 0 Å². The minimum atomic E-state index is -0.478. The van der Waals surface area contributed by atoms with Crippen LogP contribution in [0.1, 0.15) is 51.2 Å². The van der Waals surface area contributed by atoms with E-state index < -0.39 is 6.04 Å². The lowest BCUT2D eigenvalue weighted by molar-refractivity contribution is -0.124. The quantitative estimate of drug-likeness (QED) is 0.852. The van der Waals surface area contributed by atoms with Gasteiger partial charge in [-0.05, 0) is 5.41 Å². The monoisotopic (exact) mass is 355 g/mol. The highest BCUT2D eigenvalue weighted by atomic mass is 35.5. The number of nitrogens with one attached hydrogen (secondary N) is 1. The molecule has 124 valence electrons.